The fourth-order valence-electron chi connectivity index (χ4n) is 5.65. The Balaban J connectivity index is 1.53. The highest BCUT2D eigenvalue weighted by Crippen LogP contribution is 2.52. The predicted octanol–water partition coefficient (Wildman–Crippen LogP) is 4.92. The number of hydrogen-bond donors (Lipinski definition) is 0. The Morgan fingerprint density at radius 1 is 1.15 bits per heavy atom. The number of pyridine rings is 1. The number of nitrogens with zero attached hydrogens (tertiary/aromatic N) is 2. The number of ether oxygens (including phenoxy) is 2. The van der Waals surface area contributed by atoms with Crippen LogP contribution in [0.4, 0.5) is 4.39 Å². The van der Waals surface area contributed by atoms with E-state index in [1.165, 1.54) is 12.3 Å². The molecule has 0 bridgehead atoms. The van der Waals surface area contributed by atoms with Gasteiger partial charge in [0.2, 0.25) is 5.43 Å². The molecule has 1 saturated carbocycles. The molecule has 2 heterocycles. The number of rotatable bonds is 10. The van der Waals surface area contributed by atoms with E-state index >= 15 is 0 Å². The number of halogens is 2. The third kappa shape index (κ3) is 4.99. The number of benzene rings is 2. The lowest BCUT2D eigenvalue weighted by molar-refractivity contribution is 0.0488. The Labute approximate surface area is 231 Å². The van der Waals surface area contributed by atoms with Crippen LogP contribution in [-0.4, -0.2) is 47.0 Å². The van der Waals surface area contributed by atoms with Gasteiger partial charge in [0.15, 0.2) is 17.2 Å². The summed E-state index contributed by atoms with van der Waals surface area (Å²) in [7, 11) is 1.63. The van der Waals surface area contributed by atoms with Crippen LogP contribution in [0.25, 0.3) is 0 Å². The molecule has 1 aliphatic carbocycles. The fraction of sp³-hybridized carbons (Fsp3) is 0.367. The normalized spacial score (nSPS) is 19.7. The molecule has 9 heteroatoms. The van der Waals surface area contributed by atoms with E-state index in [1.54, 1.807) is 28.7 Å². The fourth-order valence-corrected chi connectivity index (χ4v) is 5.84. The zero-order valence-electron chi connectivity index (χ0n) is 21.9. The van der Waals surface area contributed by atoms with Crippen LogP contribution < -0.4 is 10.2 Å². The van der Waals surface area contributed by atoms with Crippen molar-refractivity contribution in [1.29, 1.82) is 0 Å². The first-order valence-electron chi connectivity index (χ1n) is 13.0. The Kier molecular flexibility index (Phi) is 7.60. The molecule has 3 aromatic rings. The van der Waals surface area contributed by atoms with Gasteiger partial charge in [-0.25, -0.2) is 4.39 Å². The van der Waals surface area contributed by atoms with E-state index in [-0.39, 0.29) is 53.3 Å². The van der Waals surface area contributed by atoms with Gasteiger partial charge in [-0.15, -0.1) is 0 Å². The van der Waals surface area contributed by atoms with E-state index in [2.05, 4.69) is 0 Å². The third-order valence-corrected chi connectivity index (χ3v) is 8.02. The second-order valence-corrected chi connectivity index (χ2v) is 10.5. The molecule has 0 unspecified atom stereocenters. The van der Waals surface area contributed by atoms with Gasteiger partial charge in [-0.05, 0) is 37.0 Å². The van der Waals surface area contributed by atoms with Crippen LogP contribution in [0.2, 0.25) is 5.02 Å². The van der Waals surface area contributed by atoms with Gasteiger partial charge in [-0.3, -0.25) is 14.4 Å². The molecule has 5 rings (SSSR count). The molecule has 1 fully saturated rings. The van der Waals surface area contributed by atoms with Crippen LogP contribution >= 0.6 is 11.6 Å². The van der Waals surface area contributed by atoms with Crippen molar-refractivity contribution in [1.82, 2.24) is 9.47 Å². The summed E-state index contributed by atoms with van der Waals surface area (Å²) >= 11 is 5.89. The Morgan fingerprint density at radius 2 is 1.92 bits per heavy atom. The van der Waals surface area contributed by atoms with Crippen molar-refractivity contribution in [2.24, 2.45) is 5.92 Å². The van der Waals surface area contributed by atoms with Crippen LogP contribution in [0.3, 0.4) is 0 Å². The maximum absolute atomic E-state index is 14.4. The smallest absolute Gasteiger partial charge is 0.275 e. The minimum Gasteiger partial charge on any atom is -0.483 e. The molecule has 1 amide bonds. The lowest BCUT2D eigenvalue weighted by Gasteiger charge is -2.39. The van der Waals surface area contributed by atoms with Gasteiger partial charge >= 0.3 is 0 Å². The highest BCUT2D eigenvalue weighted by atomic mass is 35.5. The molecule has 1 spiro atoms. The summed E-state index contributed by atoms with van der Waals surface area (Å²) in [5.41, 5.74) is 0.0920. The average molecular weight is 553 g/mol. The van der Waals surface area contributed by atoms with Crippen molar-refractivity contribution in [2.45, 2.75) is 44.9 Å². The molecular weight excluding hydrogens is 523 g/mol. The third-order valence-electron chi connectivity index (χ3n) is 7.73. The first-order valence-corrected chi connectivity index (χ1v) is 13.4. The molecule has 7 nitrogen and oxygen atoms in total. The number of ketones is 1. The number of carbonyl (C=O) groups excluding carboxylic acids is 2. The maximum atomic E-state index is 14.4. The number of aromatic nitrogens is 1. The van der Waals surface area contributed by atoms with Gasteiger partial charge in [0, 0.05) is 38.7 Å². The van der Waals surface area contributed by atoms with Gasteiger partial charge in [0.25, 0.3) is 5.91 Å². The molecule has 39 heavy (non-hydrogen) atoms. The summed E-state index contributed by atoms with van der Waals surface area (Å²) < 4.78 is 27.5. The highest BCUT2D eigenvalue weighted by Gasteiger charge is 2.62. The highest BCUT2D eigenvalue weighted by molar-refractivity contribution is 6.30. The first kappa shape index (κ1) is 27.1. The van der Waals surface area contributed by atoms with Gasteiger partial charge in [0.05, 0.1) is 22.7 Å². The van der Waals surface area contributed by atoms with Crippen molar-refractivity contribution in [3.05, 3.63) is 98.2 Å². The zero-order valence-corrected chi connectivity index (χ0v) is 22.7. The average Bonchev–Trinajstić information content (AvgIpc) is 3.61. The second-order valence-electron chi connectivity index (χ2n) is 10.1. The monoisotopic (exact) mass is 552 g/mol. The van der Waals surface area contributed by atoms with Crippen LogP contribution in [0.1, 0.15) is 51.7 Å². The van der Waals surface area contributed by atoms with Crippen molar-refractivity contribution in [2.75, 3.05) is 20.3 Å². The standard InChI is InChI=1S/C30H30ClFN2O5/c1-3-34-29(37)26-28(39-16-19-8-5-4-6-9-19)27(36)22(15-33(26)18-30(34)14-21(30)17-38-2)24(35)13-12-20-10-7-11-23(31)25(20)32/h4-11,15,21H,3,12-14,16-18H2,1-2H3/t21-,30-/m0/s1. The van der Waals surface area contributed by atoms with Gasteiger partial charge in [-0.2, -0.15) is 0 Å². The molecular formula is C30H30ClFN2O5. The van der Waals surface area contributed by atoms with E-state index in [4.69, 9.17) is 21.1 Å². The van der Waals surface area contributed by atoms with Gasteiger partial charge in [0.1, 0.15) is 12.4 Å². The maximum Gasteiger partial charge on any atom is 0.275 e. The number of amides is 1. The number of likely N-dealkylation sites (N-methyl/N-ethyl adjacent to an activating group) is 1. The summed E-state index contributed by atoms with van der Waals surface area (Å²) in [6.07, 6.45) is 2.22. The molecule has 0 saturated heterocycles. The number of Topliss-reactive ketones (excluding diaryl/α,β-unsaturated/α-hetero) is 1. The molecule has 2 atom stereocenters. The van der Waals surface area contributed by atoms with Crippen molar-refractivity contribution < 1.29 is 23.5 Å². The van der Waals surface area contributed by atoms with Crippen LogP contribution in [0, 0.1) is 11.7 Å². The van der Waals surface area contributed by atoms with E-state index in [9.17, 15) is 18.8 Å². The zero-order chi connectivity index (χ0) is 27.7. The Bertz CT molecular complexity index is 1470. The minimum atomic E-state index is -0.640. The van der Waals surface area contributed by atoms with Crippen molar-refractivity contribution >= 4 is 23.3 Å². The van der Waals surface area contributed by atoms with E-state index in [0.717, 1.165) is 12.0 Å². The van der Waals surface area contributed by atoms with Crippen LogP contribution in [-0.2, 0) is 24.3 Å². The van der Waals surface area contributed by atoms with Crippen LogP contribution in [0.15, 0.2) is 59.5 Å². The summed E-state index contributed by atoms with van der Waals surface area (Å²) in [6, 6.07) is 13.9. The summed E-state index contributed by atoms with van der Waals surface area (Å²) in [5, 5.41) is -0.0234. The lowest BCUT2D eigenvalue weighted by atomic mass is 10.00. The van der Waals surface area contributed by atoms with Gasteiger partial charge < -0.3 is 18.9 Å². The predicted molar refractivity (Wildman–Crippen MR) is 145 cm³/mol. The summed E-state index contributed by atoms with van der Waals surface area (Å²) in [4.78, 5) is 42.6. The van der Waals surface area contributed by atoms with Crippen molar-refractivity contribution in [3.63, 3.8) is 0 Å². The quantitative estimate of drug-likeness (QED) is 0.334. The minimum absolute atomic E-state index is 0.0234. The molecule has 2 aliphatic rings. The van der Waals surface area contributed by atoms with E-state index in [0.29, 0.717) is 25.3 Å². The number of methoxy groups -OCH3 is 1. The largest absolute Gasteiger partial charge is 0.483 e. The number of fused-ring (bicyclic) bond motifs is 1. The molecule has 1 aromatic heterocycles. The molecule has 0 N–H and O–H groups in total. The number of carbonyl (C=O) groups is 2. The molecule has 0 radical (unpaired) electrons. The molecule has 204 valence electrons. The number of aryl methyl sites for hydroxylation is 1. The second kappa shape index (κ2) is 10.9. The topological polar surface area (TPSA) is 77.8 Å². The van der Waals surface area contributed by atoms with Crippen LogP contribution in [0.5, 0.6) is 5.75 Å². The van der Waals surface area contributed by atoms with E-state index in [1.807, 2.05) is 37.3 Å². The van der Waals surface area contributed by atoms with E-state index < -0.39 is 22.6 Å². The number of hydrogen-bond acceptors (Lipinski definition) is 5. The lowest BCUT2D eigenvalue weighted by Crippen LogP contribution is -2.52. The van der Waals surface area contributed by atoms with Gasteiger partial charge in [-0.1, -0.05) is 54.1 Å². The Morgan fingerprint density at radius 3 is 2.64 bits per heavy atom. The summed E-state index contributed by atoms with van der Waals surface area (Å²) in [5.74, 6) is -1.32. The van der Waals surface area contributed by atoms with Crippen molar-refractivity contribution in [3.8, 4) is 5.75 Å². The molecule has 1 aliphatic heterocycles. The summed E-state index contributed by atoms with van der Waals surface area (Å²) in [6.45, 7) is 3.37. The molecule has 2 aromatic carbocycles. The first-order chi connectivity index (χ1) is 18.8. The SMILES string of the molecule is CCN1C(=O)c2c(OCc3ccccc3)c(=O)c(C(=O)CCc3cccc(Cl)c3F)cn2C[C@]12C[C@H]2COC. The Hall–Kier alpha value is -3.49.